The standard InChI is InChI=1S/C15H18N6O3/c1-3-5-12(22)18-21-9-13(23)20(15(21)24)8-11-17-10-6-4-7-16-14(10)19(11)2/h4,6-7H,3,5,8-9H2,1-2H3,(H,18,22). The highest BCUT2D eigenvalue weighted by atomic mass is 16.2. The van der Waals surface area contributed by atoms with Crippen LogP contribution in [-0.2, 0) is 23.2 Å². The molecule has 0 aromatic carbocycles. The minimum Gasteiger partial charge on any atom is -0.314 e. The van der Waals surface area contributed by atoms with Gasteiger partial charge in [-0.25, -0.2) is 19.8 Å². The smallest absolute Gasteiger partial charge is 0.314 e. The van der Waals surface area contributed by atoms with E-state index in [2.05, 4.69) is 15.4 Å². The maximum atomic E-state index is 12.4. The third-order valence-corrected chi connectivity index (χ3v) is 3.81. The van der Waals surface area contributed by atoms with Crippen LogP contribution in [0.25, 0.3) is 11.2 Å². The first kappa shape index (κ1) is 15.9. The summed E-state index contributed by atoms with van der Waals surface area (Å²) in [5.41, 5.74) is 3.84. The Bertz CT molecular complexity index is 815. The molecule has 1 saturated heterocycles. The van der Waals surface area contributed by atoms with E-state index in [1.165, 1.54) is 0 Å². The fourth-order valence-corrected chi connectivity index (χ4v) is 2.57. The van der Waals surface area contributed by atoms with Crippen LogP contribution in [0.4, 0.5) is 4.79 Å². The van der Waals surface area contributed by atoms with Crippen LogP contribution in [0.1, 0.15) is 25.6 Å². The summed E-state index contributed by atoms with van der Waals surface area (Å²) in [7, 11) is 1.78. The van der Waals surface area contributed by atoms with Crippen LogP contribution in [-0.4, -0.2) is 48.8 Å². The van der Waals surface area contributed by atoms with E-state index in [-0.39, 0.29) is 24.9 Å². The van der Waals surface area contributed by atoms with Gasteiger partial charge in [0, 0.05) is 19.7 Å². The molecule has 4 amide bonds. The molecule has 126 valence electrons. The zero-order valence-electron chi connectivity index (χ0n) is 13.5. The molecule has 0 bridgehead atoms. The van der Waals surface area contributed by atoms with Gasteiger partial charge in [-0.2, -0.15) is 0 Å². The van der Waals surface area contributed by atoms with E-state index in [1.807, 2.05) is 13.0 Å². The molecule has 0 spiro atoms. The van der Waals surface area contributed by atoms with Gasteiger partial charge in [-0.1, -0.05) is 6.92 Å². The summed E-state index contributed by atoms with van der Waals surface area (Å²) in [6.07, 6.45) is 2.62. The zero-order chi connectivity index (χ0) is 17.3. The number of carbonyl (C=O) groups is 3. The molecule has 9 nitrogen and oxygen atoms in total. The Morgan fingerprint density at radius 3 is 2.88 bits per heavy atom. The first-order valence-corrected chi connectivity index (χ1v) is 7.69. The number of nitrogens with one attached hydrogen (secondary N) is 1. The van der Waals surface area contributed by atoms with Crippen molar-refractivity contribution < 1.29 is 14.4 Å². The SMILES string of the molecule is CCCC(=O)NN1CC(=O)N(Cc2nc3cccnc3n2C)C1=O. The van der Waals surface area contributed by atoms with Gasteiger partial charge >= 0.3 is 6.03 Å². The van der Waals surface area contributed by atoms with Crippen LogP contribution in [0, 0.1) is 0 Å². The second-order valence-electron chi connectivity index (χ2n) is 5.57. The van der Waals surface area contributed by atoms with Gasteiger partial charge in [0.05, 0.1) is 6.54 Å². The summed E-state index contributed by atoms with van der Waals surface area (Å²) in [6, 6.07) is 3.04. The topological polar surface area (TPSA) is 100 Å². The van der Waals surface area contributed by atoms with Crippen molar-refractivity contribution in [2.24, 2.45) is 7.05 Å². The molecule has 1 fully saturated rings. The first-order valence-electron chi connectivity index (χ1n) is 7.69. The molecule has 0 atom stereocenters. The van der Waals surface area contributed by atoms with E-state index in [9.17, 15) is 14.4 Å². The van der Waals surface area contributed by atoms with Gasteiger partial charge < -0.3 is 4.57 Å². The highest BCUT2D eigenvalue weighted by Crippen LogP contribution is 2.16. The van der Waals surface area contributed by atoms with Gasteiger partial charge in [-0.3, -0.25) is 19.9 Å². The molecule has 0 unspecified atom stereocenters. The number of hydrogen-bond acceptors (Lipinski definition) is 5. The lowest BCUT2D eigenvalue weighted by Crippen LogP contribution is -2.44. The number of nitrogens with zero attached hydrogens (tertiary/aromatic N) is 5. The van der Waals surface area contributed by atoms with Crippen molar-refractivity contribution in [1.82, 2.24) is 29.9 Å². The van der Waals surface area contributed by atoms with Gasteiger partial charge in [-0.05, 0) is 18.6 Å². The highest BCUT2D eigenvalue weighted by molar-refractivity contribution is 6.02. The van der Waals surface area contributed by atoms with Gasteiger partial charge in [0.25, 0.3) is 5.91 Å². The number of aryl methyl sites for hydroxylation is 1. The largest absolute Gasteiger partial charge is 0.346 e. The molecule has 1 aliphatic heterocycles. The number of fused-ring (bicyclic) bond motifs is 1. The van der Waals surface area contributed by atoms with Crippen molar-refractivity contribution in [3.63, 3.8) is 0 Å². The number of hydrazine groups is 1. The lowest BCUT2D eigenvalue weighted by Gasteiger charge is -2.17. The second kappa shape index (κ2) is 6.26. The van der Waals surface area contributed by atoms with Crippen LogP contribution >= 0.6 is 0 Å². The van der Waals surface area contributed by atoms with Gasteiger partial charge in [-0.15, -0.1) is 0 Å². The number of aromatic nitrogens is 3. The molecular weight excluding hydrogens is 312 g/mol. The third-order valence-electron chi connectivity index (χ3n) is 3.81. The van der Waals surface area contributed by atoms with Crippen LogP contribution in [0.15, 0.2) is 18.3 Å². The Labute approximate surface area is 138 Å². The average Bonchev–Trinajstić information content (AvgIpc) is 3.00. The zero-order valence-corrected chi connectivity index (χ0v) is 13.5. The minimum absolute atomic E-state index is 0.0324. The van der Waals surface area contributed by atoms with Crippen molar-refractivity contribution in [2.45, 2.75) is 26.3 Å². The Hall–Kier alpha value is -2.97. The molecule has 0 aliphatic carbocycles. The van der Waals surface area contributed by atoms with Crippen LogP contribution in [0.2, 0.25) is 0 Å². The van der Waals surface area contributed by atoms with E-state index in [1.54, 1.807) is 23.9 Å². The monoisotopic (exact) mass is 330 g/mol. The predicted molar refractivity (Wildman–Crippen MR) is 84.2 cm³/mol. The number of rotatable bonds is 5. The number of pyridine rings is 1. The number of imide groups is 1. The van der Waals surface area contributed by atoms with Gasteiger partial charge in [0.15, 0.2) is 5.65 Å². The van der Waals surface area contributed by atoms with E-state index in [0.29, 0.717) is 29.8 Å². The van der Waals surface area contributed by atoms with Crippen molar-refractivity contribution in [3.05, 3.63) is 24.2 Å². The second-order valence-corrected chi connectivity index (χ2v) is 5.57. The number of carbonyl (C=O) groups excluding carboxylic acids is 3. The van der Waals surface area contributed by atoms with Crippen molar-refractivity contribution in [2.75, 3.05) is 6.54 Å². The molecule has 1 aliphatic rings. The quantitative estimate of drug-likeness (QED) is 0.808. The van der Waals surface area contributed by atoms with E-state index >= 15 is 0 Å². The fourth-order valence-electron chi connectivity index (χ4n) is 2.57. The number of urea groups is 1. The maximum Gasteiger partial charge on any atom is 0.346 e. The summed E-state index contributed by atoms with van der Waals surface area (Å²) >= 11 is 0. The Balaban J connectivity index is 1.77. The lowest BCUT2D eigenvalue weighted by molar-refractivity contribution is -0.126. The van der Waals surface area contributed by atoms with Crippen molar-refractivity contribution >= 4 is 29.0 Å². The minimum atomic E-state index is -0.551. The summed E-state index contributed by atoms with van der Waals surface area (Å²) in [5, 5.41) is 1.04. The lowest BCUT2D eigenvalue weighted by atomic mass is 10.3. The van der Waals surface area contributed by atoms with Crippen LogP contribution in [0.5, 0.6) is 0 Å². The van der Waals surface area contributed by atoms with Crippen LogP contribution in [0.3, 0.4) is 0 Å². The third kappa shape index (κ3) is 2.80. The number of imidazole rings is 1. The summed E-state index contributed by atoms with van der Waals surface area (Å²) in [5.74, 6) is -0.114. The Kier molecular flexibility index (Phi) is 4.15. The highest BCUT2D eigenvalue weighted by Gasteiger charge is 2.37. The molecule has 2 aromatic rings. The van der Waals surface area contributed by atoms with Gasteiger partial charge in [0.2, 0.25) is 5.91 Å². The Morgan fingerprint density at radius 2 is 2.17 bits per heavy atom. The predicted octanol–water partition coefficient (Wildman–Crippen LogP) is 0.564. The fraction of sp³-hybridized carbons (Fsp3) is 0.400. The summed E-state index contributed by atoms with van der Waals surface area (Å²) in [6.45, 7) is 1.73. The van der Waals surface area contributed by atoms with Crippen molar-refractivity contribution in [1.29, 1.82) is 0 Å². The van der Waals surface area contributed by atoms with Gasteiger partial charge in [0.1, 0.15) is 17.9 Å². The average molecular weight is 330 g/mol. The molecular formula is C15H18N6O3. The van der Waals surface area contributed by atoms with E-state index < -0.39 is 6.03 Å². The molecule has 0 saturated carbocycles. The molecule has 24 heavy (non-hydrogen) atoms. The van der Waals surface area contributed by atoms with Crippen LogP contribution < -0.4 is 5.43 Å². The number of hydrogen-bond donors (Lipinski definition) is 1. The number of amides is 4. The molecule has 1 N–H and O–H groups in total. The maximum absolute atomic E-state index is 12.4. The summed E-state index contributed by atoms with van der Waals surface area (Å²) in [4.78, 5) is 45.8. The molecule has 9 heteroatoms. The molecule has 3 rings (SSSR count). The van der Waals surface area contributed by atoms with E-state index in [4.69, 9.17) is 0 Å². The normalized spacial score (nSPS) is 14.8. The Morgan fingerprint density at radius 1 is 1.38 bits per heavy atom. The summed E-state index contributed by atoms with van der Waals surface area (Å²) < 4.78 is 1.74. The molecule has 3 heterocycles. The van der Waals surface area contributed by atoms with Crippen molar-refractivity contribution in [3.8, 4) is 0 Å². The molecule has 2 aromatic heterocycles. The first-order chi connectivity index (χ1) is 11.5. The molecule has 0 radical (unpaired) electrons. The van der Waals surface area contributed by atoms with E-state index in [0.717, 1.165) is 9.91 Å².